The van der Waals surface area contributed by atoms with Crippen LogP contribution in [-0.4, -0.2) is 35.7 Å². The molecule has 1 aromatic rings. The minimum absolute atomic E-state index is 0.122. The van der Waals surface area contributed by atoms with E-state index in [4.69, 9.17) is 0 Å². The highest BCUT2D eigenvalue weighted by Crippen LogP contribution is 2.19. The van der Waals surface area contributed by atoms with Crippen molar-refractivity contribution >= 4 is 11.6 Å². The van der Waals surface area contributed by atoms with Gasteiger partial charge in [-0.25, -0.2) is 0 Å². The minimum Gasteiger partial charge on any atom is -0.507 e. The molecule has 0 aromatic heterocycles. The lowest BCUT2D eigenvalue weighted by Crippen LogP contribution is -2.04. The Morgan fingerprint density at radius 1 is 1.29 bits per heavy atom. The summed E-state index contributed by atoms with van der Waals surface area (Å²) in [6, 6.07) is 4.25. The van der Waals surface area contributed by atoms with Crippen molar-refractivity contribution in [2.75, 3.05) is 14.1 Å². The van der Waals surface area contributed by atoms with Crippen LogP contribution < -0.4 is 0 Å². The largest absolute Gasteiger partial charge is 0.507 e. The summed E-state index contributed by atoms with van der Waals surface area (Å²) in [7, 11) is 3.57. The zero-order chi connectivity index (χ0) is 13.0. The van der Waals surface area contributed by atoms with Crippen LogP contribution in [0.1, 0.15) is 27.6 Å². The molecule has 0 amide bonds. The molecule has 4 nitrogen and oxygen atoms in total. The Labute approximate surface area is 100 Å². The quantitative estimate of drug-likeness (QED) is 0.637. The summed E-state index contributed by atoms with van der Waals surface area (Å²) in [4.78, 5) is 24.7. The Balaban J connectivity index is 3.08. The molecule has 0 atom stereocenters. The maximum absolute atomic E-state index is 11.8. The van der Waals surface area contributed by atoms with Crippen molar-refractivity contribution in [3.63, 3.8) is 0 Å². The van der Waals surface area contributed by atoms with Crippen LogP contribution in [0.25, 0.3) is 0 Å². The first kappa shape index (κ1) is 13.0. The SMILES string of the molecule is CC(=O)c1ccc(O)c(C(=O)/C=C/N(C)C)c1. The van der Waals surface area contributed by atoms with Gasteiger partial charge in [-0.05, 0) is 25.1 Å². The van der Waals surface area contributed by atoms with E-state index in [0.29, 0.717) is 5.56 Å². The highest BCUT2D eigenvalue weighted by Gasteiger charge is 2.11. The molecular formula is C13H15NO3. The highest BCUT2D eigenvalue weighted by molar-refractivity contribution is 6.08. The van der Waals surface area contributed by atoms with Gasteiger partial charge in [-0.2, -0.15) is 0 Å². The summed E-state index contributed by atoms with van der Waals surface area (Å²) in [5.41, 5.74) is 0.542. The molecule has 4 heteroatoms. The fraction of sp³-hybridized carbons (Fsp3) is 0.231. The number of carbonyl (C=O) groups is 2. The van der Waals surface area contributed by atoms with Crippen molar-refractivity contribution in [2.24, 2.45) is 0 Å². The highest BCUT2D eigenvalue weighted by atomic mass is 16.3. The van der Waals surface area contributed by atoms with Crippen LogP contribution in [0, 0.1) is 0 Å². The van der Waals surface area contributed by atoms with Gasteiger partial charge in [0.2, 0.25) is 0 Å². The molecule has 0 saturated carbocycles. The number of ketones is 2. The molecule has 17 heavy (non-hydrogen) atoms. The predicted molar refractivity (Wildman–Crippen MR) is 65.3 cm³/mol. The van der Waals surface area contributed by atoms with Gasteiger partial charge in [0.1, 0.15) is 5.75 Å². The Bertz CT molecular complexity index is 476. The lowest BCUT2D eigenvalue weighted by Gasteiger charge is -2.05. The molecular weight excluding hydrogens is 218 g/mol. The standard InChI is InChI=1S/C13H15NO3/c1-9(15)10-4-5-12(16)11(8-10)13(17)6-7-14(2)3/h4-8,16H,1-3H3/b7-6+. The second-order valence-electron chi connectivity index (χ2n) is 3.93. The van der Waals surface area contributed by atoms with Crippen LogP contribution in [0.3, 0.4) is 0 Å². The van der Waals surface area contributed by atoms with Crippen LogP contribution in [0.5, 0.6) is 5.75 Å². The van der Waals surface area contributed by atoms with E-state index in [0.717, 1.165) is 0 Å². The van der Waals surface area contributed by atoms with E-state index in [1.165, 1.54) is 31.2 Å². The first-order valence-corrected chi connectivity index (χ1v) is 5.14. The number of phenolic OH excluding ortho intramolecular Hbond substituents is 1. The summed E-state index contributed by atoms with van der Waals surface area (Å²) in [6.07, 6.45) is 2.93. The van der Waals surface area contributed by atoms with Gasteiger partial charge in [-0.3, -0.25) is 9.59 Å². The van der Waals surface area contributed by atoms with Crippen LogP contribution in [0.15, 0.2) is 30.5 Å². The van der Waals surface area contributed by atoms with E-state index in [1.54, 1.807) is 25.2 Å². The number of phenols is 1. The monoisotopic (exact) mass is 233 g/mol. The predicted octanol–water partition coefficient (Wildman–Crippen LogP) is 1.85. The Kier molecular flexibility index (Phi) is 4.04. The summed E-state index contributed by atoms with van der Waals surface area (Å²) < 4.78 is 0. The average Bonchev–Trinajstić information content (AvgIpc) is 2.26. The van der Waals surface area contributed by atoms with Gasteiger partial charge in [-0.15, -0.1) is 0 Å². The lowest BCUT2D eigenvalue weighted by atomic mass is 10.0. The maximum Gasteiger partial charge on any atom is 0.191 e. The van der Waals surface area contributed by atoms with Gasteiger partial charge in [-0.1, -0.05) is 0 Å². The van der Waals surface area contributed by atoms with E-state index in [-0.39, 0.29) is 22.9 Å². The summed E-state index contributed by atoms with van der Waals surface area (Å²) >= 11 is 0. The molecule has 0 fully saturated rings. The van der Waals surface area contributed by atoms with Crippen LogP contribution >= 0.6 is 0 Å². The number of benzene rings is 1. The molecule has 1 N–H and O–H groups in total. The molecule has 1 aromatic carbocycles. The third-order valence-electron chi connectivity index (χ3n) is 2.19. The Morgan fingerprint density at radius 3 is 2.47 bits per heavy atom. The van der Waals surface area contributed by atoms with Gasteiger partial charge in [0, 0.05) is 31.9 Å². The molecule has 0 aliphatic heterocycles. The smallest absolute Gasteiger partial charge is 0.191 e. The van der Waals surface area contributed by atoms with Crippen molar-refractivity contribution in [1.82, 2.24) is 4.90 Å². The van der Waals surface area contributed by atoms with E-state index in [9.17, 15) is 14.7 Å². The van der Waals surface area contributed by atoms with Gasteiger partial charge < -0.3 is 10.0 Å². The second kappa shape index (κ2) is 5.30. The van der Waals surface area contributed by atoms with E-state index >= 15 is 0 Å². The number of aromatic hydroxyl groups is 1. The molecule has 90 valence electrons. The topological polar surface area (TPSA) is 57.6 Å². The van der Waals surface area contributed by atoms with Crippen molar-refractivity contribution < 1.29 is 14.7 Å². The third-order valence-corrected chi connectivity index (χ3v) is 2.19. The van der Waals surface area contributed by atoms with Crippen molar-refractivity contribution in [3.8, 4) is 5.75 Å². The molecule has 0 heterocycles. The molecule has 0 bridgehead atoms. The third kappa shape index (κ3) is 3.45. The summed E-state index contributed by atoms with van der Waals surface area (Å²) in [6.45, 7) is 1.41. The van der Waals surface area contributed by atoms with Crippen LogP contribution in [0.2, 0.25) is 0 Å². The van der Waals surface area contributed by atoms with Gasteiger partial charge in [0.05, 0.1) is 5.56 Å². The maximum atomic E-state index is 11.8. The van der Waals surface area contributed by atoms with Crippen molar-refractivity contribution in [3.05, 3.63) is 41.6 Å². The fourth-order valence-electron chi connectivity index (χ4n) is 1.26. The van der Waals surface area contributed by atoms with E-state index in [1.807, 2.05) is 0 Å². The van der Waals surface area contributed by atoms with E-state index in [2.05, 4.69) is 0 Å². The van der Waals surface area contributed by atoms with Crippen LogP contribution in [0.4, 0.5) is 0 Å². The van der Waals surface area contributed by atoms with Gasteiger partial charge in [0.15, 0.2) is 11.6 Å². The molecule has 1 rings (SSSR count). The van der Waals surface area contributed by atoms with E-state index < -0.39 is 0 Å². The molecule has 0 radical (unpaired) electrons. The number of allylic oxidation sites excluding steroid dienone is 1. The lowest BCUT2D eigenvalue weighted by molar-refractivity contribution is 0.101. The first-order chi connectivity index (χ1) is 7.91. The number of nitrogens with zero attached hydrogens (tertiary/aromatic N) is 1. The number of hydrogen-bond acceptors (Lipinski definition) is 4. The normalized spacial score (nSPS) is 10.5. The molecule has 0 unspecified atom stereocenters. The molecule has 0 saturated heterocycles. The molecule has 0 spiro atoms. The molecule has 0 aliphatic carbocycles. The fourth-order valence-corrected chi connectivity index (χ4v) is 1.26. The number of hydrogen-bond donors (Lipinski definition) is 1. The van der Waals surface area contributed by atoms with Crippen molar-refractivity contribution in [2.45, 2.75) is 6.92 Å². The Hall–Kier alpha value is -2.10. The Morgan fingerprint density at radius 2 is 1.94 bits per heavy atom. The number of rotatable bonds is 4. The van der Waals surface area contributed by atoms with Crippen LogP contribution in [-0.2, 0) is 0 Å². The zero-order valence-corrected chi connectivity index (χ0v) is 10.1. The average molecular weight is 233 g/mol. The zero-order valence-electron chi connectivity index (χ0n) is 10.1. The first-order valence-electron chi connectivity index (χ1n) is 5.14. The second-order valence-corrected chi connectivity index (χ2v) is 3.93. The van der Waals surface area contributed by atoms with Gasteiger partial charge >= 0.3 is 0 Å². The van der Waals surface area contributed by atoms with Gasteiger partial charge in [0.25, 0.3) is 0 Å². The summed E-state index contributed by atoms with van der Waals surface area (Å²) in [5.74, 6) is -0.599. The molecule has 0 aliphatic rings. The number of carbonyl (C=O) groups excluding carboxylic acids is 2. The minimum atomic E-state index is -0.334. The van der Waals surface area contributed by atoms with Crippen molar-refractivity contribution in [1.29, 1.82) is 0 Å². The summed E-state index contributed by atoms with van der Waals surface area (Å²) in [5, 5.41) is 9.57. The number of Topliss-reactive ketones (excluding diaryl/α,β-unsaturated/α-hetero) is 1.